The van der Waals surface area contributed by atoms with Crippen LogP contribution in [0.5, 0.6) is 5.75 Å². The summed E-state index contributed by atoms with van der Waals surface area (Å²) < 4.78 is 5.99. The first-order chi connectivity index (χ1) is 16.5. The van der Waals surface area contributed by atoms with E-state index < -0.39 is 0 Å². The number of hydrogen-bond donors (Lipinski definition) is 2. The van der Waals surface area contributed by atoms with Gasteiger partial charge in [0.05, 0.1) is 11.6 Å². The molecule has 1 aliphatic heterocycles. The number of likely N-dealkylation sites (N-methyl/N-ethyl adjacent to an activating group) is 1. The van der Waals surface area contributed by atoms with Crippen molar-refractivity contribution < 1.29 is 9.53 Å². The van der Waals surface area contributed by atoms with Crippen molar-refractivity contribution in [1.29, 1.82) is 0 Å². The Bertz CT molecular complexity index is 1380. The largest absolute Gasteiger partial charge is 0.489 e. The summed E-state index contributed by atoms with van der Waals surface area (Å²) in [5, 5.41) is 11.5. The van der Waals surface area contributed by atoms with Gasteiger partial charge in [-0.25, -0.2) is 5.10 Å². The fourth-order valence-corrected chi connectivity index (χ4v) is 5.17. The summed E-state index contributed by atoms with van der Waals surface area (Å²) in [6.07, 6.45) is 1.80. The third-order valence-corrected chi connectivity index (χ3v) is 7.04. The van der Waals surface area contributed by atoms with E-state index in [9.17, 15) is 9.59 Å². The number of amides is 1. The van der Waals surface area contributed by atoms with Gasteiger partial charge in [0.15, 0.2) is 0 Å². The molecule has 4 aromatic rings. The Kier molecular flexibility index (Phi) is 6.12. The van der Waals surface area contributed by atoms with Gasteiger partial charge in [0.2, 0.25) is 0 Å². The third kappa shape index (κ3) is 4.57. The Hall–Kier alpha value is -3.56. The summed E-state index contributed by atoms with van der Waals surface area (Å²) in [5.41, 5.74) is 3.73. The molecule has 1 aliphatic rings. The van der Waals surface area contributed by atoms with E-state index in [1.54, 1.807) is 30.5 Å². The van der Waals surface area contributed by atoms with Crippen molar-refractivity contribution in [2.24, 2.45) is 0 Å². The monoisotopic (exact) mass is 475 g/mol. The number of nitrogens with zero attached hydrogens (tertiary/aromatic N) is 3. The van der Waals surface area contributed by atoms with E-state index in [2.05, 4.69) is 43.6 Å². The summed E-state index contributed by atoms with van der Waals surface area (Å²) in [7, 11) is 1.99. The van der Waals surface area contributed by atoms with Gasteiger partial charge >= 0.3 is 4.87 Å². The number of hydrogen-bond acceptors (Lipinski definition) is 7. The van der Waals surface area contributed by atoms with Crippen molar-refractivity contribution in [2.75, 3.05) is 20.1 Å². The number of likely N-dealkylation sites (tertiary alicyclic amines) is 1. The van der Waals surface area contributed by atoms with Crippen LogP contribution in [0.25, 0.3) is 10.9 Å². The number of H-pyrrole nitrogens is 1. The van der Waals surface area contributed by atoms with E-state index in [1.165, 1.54) is 0 Å². The lowest BCUT2D eigenvalue weighted by atomic mass is 10.0. The number of aryl methyl sites for hydroxylation is 1. The second kappa shape index (κ2) is 9.36. The molecule has 0 aliphatic carbocycles. The highest BCUT2D eigenvalue weighted by molar-refractivity contribution is 7.08. The van der Waals surface area contributed by atoms with Gasteiger partial charge in [-0.3, -0.25) is 14.6 Å². The fourth-order valence-electron chi connectivity index (χ4n) is 4.41. The minimum absolute atomic E-state index is 0.0145. The molecule has 2 atom stereocenters. The Morgan fingerprint density at radius 1 is 1.21 bits per heavy atom. The van der Waals surface area contributed by atoms with Gasteiger partial charge in [-0.1, -0.05) is 29.5 Å². The normalized spacial score (nSPS) is 18.3. The van der Waals surface area contributed by atoms with Crippen LogP contribution in [0.15, 0.2) is 59.5 Å². The van der Waals surface area contributed by atoms with Crippen LogP contribution in [0, 0.1) is 6.92 Å². The lowest BCUT2D eigenvalue weighted by molar-refractivity contribution is 0.0935. The molecule has 0 radical (unpaired) electrons. The average Bonchev–Trinajstić information content (AvgIpc) is 3.44. The van der Waals surface area contributed by atoms with E-state index in [0.29, 0.717) is 24.5 Å². The molecule has 9 heteroatoms. The first-order valence-corrected chi connectivity index (χ1v) is 11.9. The summed E-state index contributed by atoms with van der Waals surface area (Å²) in [6.45, 7) is 3.90. The number of carbonyl (C=O) groups is 1. The van der Waals surface area contributed by atoms with Crippen molar-refractivity contribution in [3.8, 4) is 5.75 Å². The first kappa shape index (κ1) is 22.2. The van der Waals surface area contributed by atoms with E-state index in [1.807, 2.05) is 20.0 Å². The van der Waals surface area contributed by atoms with Gasteiger partial charge in [-0.2, -0.15) is 5.10 Å². The molecule has 8 nitrogen and oxygen atoms in total. The molecule has 2 aromatic carbocycles. The van der Waals surface area contributed by atoms with Crippen LogP contribution in [0.4, 0.5) is 0 Å². The van der Waals surface area contributed by atoms with Gasteiger partial charge in [0.1, 0.15) is 17.4 Å². The molecular formula is C25H25N5O3S. The number of rotatable bonds is 6. The van der Waals surface area contributed by atoms with Crippen LogP contribution >= 0.6 is 11.3 Å². The van der Waals surface area contributed by atoms with Crippen LogP contribution in [-0.4, -0.2) is 52.2 Å². The van der Waals surface area contributed by atoms with Gasteiger partial charge in [-0.15, -0.1) is 0 Å². The molecule has 174 valence electrons. The lowest BCUT2D eigenvalue weighted by Gasteiger charge is -2.18. The molecule has 5 rings (SSSR count). The summed E-state index contributed by atoms with van der Waals surface area (Å²) in [5.74, 6) is 0.517. The summed E-state index contributed by atoms with van der Waals surface area (Å²) in [4.78, 5) is 30.8. The number of pyridine rings is 1. The van der Waals surface area contributed by atoms with E-state index in [-0.39, 0.29) is 22.7 Å². The van der Waals surface area contributed by atoms with Gasteiger partial charge in [0.25, 0.3) is 5.91 Å². The Labute approximate surface area is 200 Å². The second-order valence-electron chi connectivity index (χ2n) is 8.61. The molecule has 0 bridgehead atoms. The predicted octanol–water partition coefficient (Wildman–Crippen LogP) is 3.09. The minimum Gasteiger partial charge on any atom is -0.489 e. The lowest BCUT2D eigenvalue weighted by Crippen LogP contribution is -2.39. The molecule has 0 unspecified atom stereocenters. The molecule has 1 fully saturated rings. The average molecular weight is 476 g/mol. The Morgan fingerprint density at radius 2 is 2.03 bits per heavy atom. The van der Waals surface area contributed by atoms with Crippen molar-refractivity contribution in [1.82, 2.24) is 25.4 Å². The molecule has 1 saturated heterocycles. The number of ether oxygens (including phenoxy) is 1. The smallest absolute Gasteiger partial charge is 0.322 e. The highest BCUT2D eigenvalue weighted by atomic mass is 32.1. The van der Waals surface area contributed by atoms with Crippen LogP contribution in [0.3, 0.4) is 0 Å². The maximum atomic E-state index is 12.9. The van der Waals surface area contributed by atoms with Crippen molar-refractivity contribution >= 4 is 28.1 Å². The zero-order valence-corrected chi connectivity index (χ0v) is 19.8. The quantitative estimate of drug-likeness (QED) is 0.445. The molecular weight excluding hydrogens is 450 g/mol. The van der Waals surface area contributed by atoms with Gasteiger partial charge in [-0.05, 0) is 55.4 Å². The second-order valence-corrected chi connectivity index (χ2v) is 9.61. The fraction of sp³-hybridized carbons (Fsp3) is 0.280. The molecule has 2 N–H and O–H groups in total. The van der Waals surface area contributed by atoms with E-state index in [4.69, 9.17) is 4.74 Å². The first-order valence-electron chi connectivity index (χ1n) is 11.1. The molecule has 0 spiro atoms. The van der Waals surface area contributed by atoms with Crippen LogP contribution in [0.2, 0.25) is 0 Å². The number of benzene rings is 2. The highest BCUT2D eigenvalue weighted by Crippen LogP contribution is 2.27. The van der Waals surface area contributed by atoms with Crippen molar-refractivity contribution in [3.63, 3.8) is 0 Å². The zero-order chi connectivity index (χ0) is 23.7. The molecule has 34 heavy (non-hydrogen) atoms. The van der Waals surface area contributed by atoms with Crippen LogP contribution < -0.4 is 14.9 Å². The van der Waals surface area contributed by atoms with Crippen LogP contribution in [-0.2, 0) is 6.61 Å². The van der Waals surface area contributed by atoms with Crippen LogP contribution in [0.1, 0.15) is 32.4 Å². The van der Waals surface area contributed by atoms with Crippen molar-refractivity contribution in [3.05, 3.63) is 86.1 Å². The Morgan fingerprint density at radius 3 is 2.79 bits per heavy atom. The summed E-state index contributed by atoms with van der Waals surface area (Å²) in [6, 6.07) is 15.1. The maximum absolute atomic E-state index is 12.9. The Balaban J connectivity index is 1.24. The number of nitrogens with one attached hydrogen (secondary N) is 2. The van der Waals surface area contributed by atoms with Crippen molar-refractivity contribution in [2.45, 2.75) is 25.5 Å². The SMILES string of the molecule is Cc1ccc(COc2ccc(C(=O)N[C@@H]3CN(C)C[C@@H]3c3n[nH]c(=O)s3)cc2)c2cccnc12. The molecule has 3 heterocycles. The van der Waals surface area contributed by atoms with E-state index in [0.717, 1.165) is 44.9 Å². The number of aromatic nitrogens is 3. The molecule has 2 aromatic heterocycles. The highest BCUT2D eigenvalue weighted by Gasteiger charge is 2.35. The standard InChI is InChI=1S/C25H25N5O3S/c1-15-5-6-17(19-4-3-11-26-22(15)19)14-33-18-9-7-16(8-10-18)23(31)27-21-13-30(2)12-20(21)24-28-29-25(32)34-24/h3-11,20-21H,12-14H2,1-2H3,(H,27,31)(H,29,32)/t20-,21+/m0/s1. The topological polar surface area (TPSA) is 100 Å². The van der Waals surface area contributed by atoms with Gasteiger partial charge < -0.3 is 15.0 Å². The van der Waals surface area contributed by atoms with Gasteiger partial charge in [0, 0.05) is 36.2 Å². The van der Waals surface area contributed by atoms with E-state index >= 15 is 0 Å². The maximum Gasteiger partial charge on any atom is 0.322 e. The molecule has 1 amide bonds. The third-order valence-electron chi connectivity index (χ3n) is 6.16. The molecule has 0 saturated carbocycles. The minimum atomic E-state index is -0.180. The number of aromatic amines is 1. The zero-order valence-electron chi connectivity index (χ0n) is 18.9. The summed E-state index contributed by atoms with van der Waals surface area (Å²) >= 11 is 1.10. The number of carbonyl (C=O) groups excluding carboxylic acids is 1. The predicted molar refractivity (Wildman–Crippen MR) is 131 cm³/mol. The number of fused-ring (bicyclic) bond motifs is 1.